The number of hydrogen-bond acceptors (Lipinski definition) is 3. The molecular formula is C17H23F3N2O2. The molecule has 1 aromatic carbocycles. The van der Waals surface area contributed by atoms with Crippen LogP contribution < -0.4 is 5.32 Å². The lowest BCUT2D eigenvalue weighted by molar-refractivity contribution is -0.282. The Morgan fingerprint density at radius 1 is 1.25 bits per heavy atom. The van der Waals surface area contributed by atoms with Crippen LogP contribution >= 0.6 is 0 Å². The minimum absolute atomic E-state index is 0.101. The highest BCUT2D eigenvalue weighted by Gasteiger charge is 2.56. The molecule has 0 bridgehead atoms. The largest absolute Gasteiger partial charge is 0.417 e. The number of alkyl halides is 3. The minimum atomic E-state index is -4.39. The zero-order chi connectivity index (χ0) is 17.8. The van der Waals surface area contributed by atoms with Crippen molar-refractivity contribution >= 4 is 5.91 Å². The molecule has 24 heavy (non-hydrogen) atoms. The number of piperidine rings is 1. The highest BCUT2D eigenvalue weighted by atomic mass is 19.4. The number of rotatable bonds is 5. The van der Waals surface area contributed by atoms with Gasteiger partial charge in [-0.1, -0.05) is 29.8 Å². The Bertz CT molecular complexity index is 550. The van der Waals surface area contributed by atoms with E-state index in [0.717, 1.165) is 18.2 Å². The van der Waals surface area contributed by atoms with E-state index >= 15 is 0 Å². The van der Waals surface area contributed by atoms with Gasteiger partial charge in [0.15, 0.2) is 5.60 Å². The first-order chi connectivity index (χ1) is 11.3. The van der Waals surface area contributed by atoms with Crippen LogP contribution in [0.25, 0.3) is 0 Å². The highest BCUT2D eigenvalue weighted by Crippen LogP contribution is 2.40. The predicted octanol–water partition coefficient (Wildman–Crippen LogP) is 2.65. The van der Waals surface area contributed by atoms with Crippen molar-refractivity contribution in [3.05, 3.63) is 35.4 Å². The van der Waals surface area contributed by atoms with Gasteiger partial charge in [0.2, 0.25) is 5.91 Å². The van der Waals surface area contributed by atoms with Crippen LogP contribution in [0.4, 0.5) is 13.2 Å². The lowest BCUT2D eigenvalue weighted by Crippen LogP contribution is -2.55. The lowest BCUT2D eigenvalue weighted by Gasteiger charge is -2.41. The van der Waals surface area contributed by atoms with Crippen molar-refractivity contribution in [2.45, 2.75) is 38.1 Å². The highest BCUT2D eigenvalue weighted by molar-refractivity contribution is 5.78. The van der Waals surface area contributed by atoms with Gasteiger partial charge in [-0.2, -0.15) is 13.2 Å². The molecule has 0 unspecified atom stereocenters. The maximum Gasteiger partial charge on any atom is 0.417 e. The Hall–Kier alpha value is -1.60. The molecule has 1 fully saturated rings. The van der Waals surface area contributed by atoms with Gasteiger partial charge in [-0.05, 0) is 25.3 Å². The Labute approximate surface area is 140 Å². The van der Waals surface area contributed by atoms with Crippen LogP contribution in [-0.2, 0) is 16.1 Å². The molecule has 1 N–H and O–H groups in total. The third-order valence-electron chi connectivity index (χ3n) is 4.55. The first-order valence-corrected chi connectivity index (χ1v) is 7.92. The molecule has 1 aliphatic heterocycles. The second-order valence-electron chi connectivity index (χ2n) is 6.23. The third kappa shape index (κ3) is 4.48. The monoisotopic (exact) mass is 344 g/mol. The number of methoxy groups -OCH3 is 1. The van der Waals surface area contributed by atoms with E-state index < -0.39 is 11.8 Å². The molecule has 4 nitrogen and oxygen atoms in total. The van der Waals surface area contributed by atoms with Crippen molar-refractivity contribution in [3.8, 4) is 0 Å². The van der Waals surface area contributed by atoms with Crippen LogP contribution in [0.15, 0.2) is 24.3 Å². The number of hydrogen-bond donors (Lipinski definition) is 1. The molecule has 0 radical (unpaired) electrons. The molecule has 0 spiro atoms. The van der Waals surface area contributed by atoms with Gasteiger partial charge in [-0.25, -0.2) is 0 Å². The summed E-state index contributed by atoms with van der Waals surface area (Å²) in [5, 5.41) is 2.80. The van der Waals surface area contributed by atoms with E-state index in [1.165, 1.54) is 0 Å². The number of carbonyl (C=O) groups excluding carboxylic acids is 1. The van der Waals surface area contributed by atoms with Gasteiger partial charge >= 0.3 is 6.18 Å². The molecule has 1 aliphatic rings. The Balaban J connectivity index is 1.79. The van der Waals surface area contributed by atoms with Crippen LogP contribution in [0.1, 0.15) is 24.0 Å². The zero-order valence-corrected chi connectivity index (χ0v) is 13.9. The molecule has 7 heteroatoms. The molecule has 1 heterocycles. The van der Waals surface area contributed by atoms with Gasteiger partial charge in [0.1, 0.15) is 0 Å². The first-order valence-electron chi connectivity index (χ1n) is 7.92. The average molecular weight is 344 g/mol. The molecule has 1 saturated heterocycles. The molecule has 0 saturated carbocycles. The van der Waals surface area contributed by atoms with E-state index in [4.69, 9.17) is 4.74 Å². The number of nitrogens with zero attached hydrogens (tertiary/aromatic N) is 1. The number of halogens is 3. The van der Waals surface area contributed by atoms with Crippen molar-refractivity contribution < 1.29 is 22.7 Å². The van der Waals surface area contributed by atoms with Gasteiger partial charge in [0, 0.05) is 26.7 Å². The summed E-state index contributed by atoms with van der Waals surface area (Å²) in [4.78, 5) is 13.7. The third-order valence-corrected chi connectivity index (χ3v) is 4.55. The van der Waals surface area contributed by atoms with Crippen molar-refractivity contribution in [2.75, 3.05) is 26.7 Å². The molecule has 1 aromatic rings. The number of carbonyl (C=O) groups is 1. The first kappa shape index (κ1) is 18.7. The van der Waals surface area contributed by atoms with E-state index in [2.05, 4.69) is 5.32 Å². The summed E-state index contributed by atoms with van der Waals surface area (Å²) in [5.41, 5.74) is 0.0507. The standard InChI is InChI=1S/C17H23F3N2O2/c1-13-3-5-14(6-4-13)11-21-15(23)12-22-9-7-16(24-2,8-10-22)17(18,19)20/h3-6H,7-12H2,1-2H3,(H,21,23). The summed E-state index contributed by atoms with van der Waals surface area (Å²) < 4.78 is 44.1. The lowest BCUT2D eigenvalue weighted by atomic mass is 9.90. The summed E-state index contributed by atoms with van der Waals surface area (Å²) >= 11 is 0. The number of benzene rings is 1. The molecule has 0 atom stereocenters. The molecule has 0 aromatic heterocycles. The summed E-state index contributed by atoms with van der Waals surface area (Å²) in [7, 11) is 1.09. The topological polar surface area (TPSA) is 41.6 Å². The van der Waals surface area contributed by atoms with Crippen molar-refractivity contribution in [1.29, 1.82) is 0 Å². The van der Waals surface area contributed by atoms with Gasteiger partial charge in [-0.3, -0.25) is 9.69 Å². The fourth-order valence-corrected chi connectivity index (χ4v) is 2.84. The number of nitrogens with one attached hydrogen (secondary N) is 1. The van der Waals surface area contributed by atoms with Crippen molar-refractivity contribution in [2.24, 2.45) is 0 Å². The fourth-order valence-electron chi connectivity index (χ4n) is 2.84. The molecule has 134 valence electrons. The molecular weight excluding hydrogens is 321 g/mol. The smallest absolute Gasteiger partial charge is 0.369 e. The Morgan fingerprint density at radius 3 is 2.33 bits per heavy atom. The fraction of sp³-hybridized carbons (Fsp3) is 0.588. The van der Waals surface area contributed by atoms with Crippen LogP contribution in [0.5, 0.6) is 0 Å². The number of aryl methyl sites for hydroxylation is 1. The maximum absolute atomic E-state index is 13.1. The van der Waals surface area contributed by atoms with E-state index in [1.807, 2.05) is 31.2 Å². The van der Waals surface area contributed by atoms with Crippen LogP contribution in [-0.4, -0.2) is 49.3 Å². The van der Waals surface area contributed by atoms with Crippen LogP contribution in [0, 0.1) is 6.92 Å². The summed E-state index contributed by atoms with van der Waals surface area (Å²) in [5.74, 6) is -0.187. The maximum atomic E-state index is 13.1. The van der Waals surface area contributed by atoms with E-state index in [0.29, 0.717) is 6.54 Å². The summed E-state index contributed by atoms with van der Waals surface area (Å²) in [6, 6.07) is 7.81. The summed E-state index contributed by atoms with van der Waals surface area (Å²) in [6.45, 7) is 2.87. The van der Waals surface area contributed by atoms with Crippen molar-refractivity contribution in [1.82, 2.24) is 10.2 Å². The number of ether oxygens (including phenoxy) is 1. The van der Waals surface area contributed by atoms with Gasteiger partial charge in [0.05, 0.1) is 6.54 Å². The average Bonchev–Trinajstić information content (AvgIpc) is 2.54. The Morgan fingerprint density at radius 2 is 1.83 bits per heavy atom. The zero-order valence-electron chi connectivity index (χ0n) is 13.9. The summed E-state index contributed by atoms with van der Waals surface area (Å²) in [6.07, 6.45) is -4.70. The van der Waals surface area contributed by atoms with Gasteiger partial charge in [-0.15, -0.1) is 0 Å². The van der Waals surface area contributed by atoms with E-state index in [9.17, 15) is 18.0 Å². The van der Waals surface area contributed by atoms with Crippen molar-refractivity contribution in [3.63, 3.8) is 0 Å². The molecule has 0 aliphatic carbocycles. The number of likely N-dealkylation sites (tertiary alicyclic amines) is 1. The SMILES string of the molecule is COC1(C(F)(F)F)CCN(CC(=O)NCc2ccc(C)cc2)CC1. The predicted molar refractivity (Wildman–Crippen MR) is 84.5 cm³/mol. The molecule has 1 amide bonds. The Kier molecular flexibility index (Phi) is 5.87. The van der Waals surface area contributed by atoms with E-state index in [-0.39, 0.29) is 38.4 Å². The molecule has 2 rings (SSSR count). The van der Waals surface area contributed by atoms with Gasteiger partial charge < -0.3 is 10.1 Å². The minimum Gasteiger partial charge on any atom is -0.369 e. The van der Waals surface area contributed by atoms with E-state index in [1.54, 1.807) is 4.90 Å². The van der Waals surface area contributed by atoms with Crippen LogP contribution in [0.3, 0.4) is 0 Å². The van der Waals surface area contributed by atoms with Crippen LogP contribution in [0.2, 0.25) is 0 Å². The van der Waals surface area contributed by atoms with Gasteiger partial charge in [0.25, 0.3) is 0 Å². The normalized spacial score (nSPS) is 18.4. The number of amides is 1. The second-order valence-corrected chi connectivity index (χ2v) is 6.23. The second kappa shape index (κ2) is 7.53. The quantitative estimate of drug-likeness (QED) is 0.893.